The van der Waals surface area contributed by atoms with Gasteiger partial charge in [-0.2, -0.15) is 0 Å². The number of rotatable bonds is 5. The van der Waals surface area contributed by atoms with Crippen LogP contribution in [0.3, 0.4) is 0 Å². The maximum atomic E-state index is 4.15. The molecule has 0 aromatic carbocycles. The Labute approximate surface area is 83.7 Å². The van der Waals surface area contributed by atoms with Gasteiger partial charge in [-0.3, -0.25) is 0 Å². The monoisotopic (exact) mass is 180 g/mol. The van der Waals surface area contributed by atoms with Gasteiger partial charge in [0, 0.05) is 0 Å². The van der Waals surface area contributed by atoms with Crippen molar-refractivity contribution in [1.82, 2.24) is 0 Å². The summed E-state index contributed by atoms with van der Waals surface area (Å²) >= 11 is 0. The summed E-state index contributed by atoms with van der Waals surface area (Å²) in [7, 11) is 0. The van der Waals surface area contributed by atoms with Crippen LogP contribution >= 0.6 is 0 Å². The van der Waals surface area contributed by atoms with Crippen LogP contribution in [0.15, 0.2) is 23.8 Å². The molecule has 0 aliphatic heterocycles. The predicted molar refractivity (Wildman–Crippen MR) is 61.8 cm³/mol. The van der Waals surface area contributed by atoms with Crippen LogP contribution in [0, 0.1) is 11.8 Å². The van der Waals surface area contributed by atoms with Crippen molar-refractivity contribution in [2.45, 2.75) is 47.5 Å². The van der Waals surface area contributed by atoms with Crippen molar-refractivity contribution in [2.24, 2.45) is 11.8 Å². The van der Waals surface area contributed by atoms with Crippen molar-refractivity contribution in [3.8, 4) is 0 Å². The summed E-state index contributed by atoms with van der Waals surface area (Å²) in [5, 5.41) is 0. The minimum absolute atomic E-state index is 0.659. The quantitative estimate of drug-likeness (QED) is 0.543. The molecule has 0 radical (unpaired) electrons. The minimum Gasteiger partial charge on any atom is -0.0996 e. The molecule has 0 bridgehead atoms. The highest BCUT2D eigenvalue weighted by Gasteiger charge is 2.09. The van der Waals surface area contributed by atoms with E-state index in [1.807, 2.05) is 0 Å². The minimum atomic E-state index is 0.659. The molecule has 0 aromatic heterocycles. The van der Waals surface area contributed by atoms with Gasteiger partial charge in [0.25, 0.3) is 0 Å². The fourth-order valence-corrected chi connectivity index (χ4v) is 1.33. The third-order valence-electron chi connectivity index (χ3n) is 3.11. The van der Waals surface area contributed by atoms with E-state index in [1.165, 1.54) is 17.6 Å². The largest absolute Gasteiger partial charge is 0.0996 e. The summed E-state index contributed by atoms with van der Waals surface area (Å²) in [6.45, 7) is 15.2. The molecule has 0 fully saturated rings. The highest BCUT2D eigenvalue weighted by atomic mass is 14.1. The van der Waals surface area contributed by atoms with E-state index in [4.69, 9.17) is 0 Å². The van der Waals surface area contributed by atoms with E-state index in [0.717, 1.165) is 6.42 Å². The Morgan fingerprint density at radius 3 is 2.23 bits per heavy atom. The van der Waals surface area contributed by atoms with Gasteiger partial charge in [-0.05, 0) is 38.5 Å². The molecule has 0 rings (SSSR count). The summed E-state index contributed by atoms with van der Waals surface area (Å²) in [6, 6.07) is 0. The van der Waals surface area contributed by atoms with E-state index >= 15 is 0 Å². The van der Waals surface area contributed by atoms with Crippen molar-refractivity contribution in [2.75, 3.05) is 0 Å². The van der Waals surface area contributed by atoms with Gasteiger partial charge in [-0.1, -0.05) is 44.6 Å². The van der Waals surface area contributed by atoms with Crippen LogP contribution in [-0.2, 0) is 0 Å². The zero-order chi connectivity index (χ0) is 10.4. The molecule has 0 aliphatic rings. The first-order chi connectivity index (χ1) is 6.02. The predicted octanol–water partition coefficient (Wildman–Crippen LogP) is 4.58. The maximum Gasteiger partial charge on any atom is -0.0197 e. The van der Waals surface area contributed by atoms with E-state index in [1.54, 1.807) is 0 Å². The second-order valence-electron chi connectivity index (χ2n) is 4.11. The Hall–Kier alpha value is -0.520. The molecular weight excluding hydrogens is 156 g/mol. The molecule has 0 heterocycles. The van der Waals surface area contributed by atoms with Gasteiger partial charge in [0.2, 0.25) is 0 Å². The summed E-state index contributed by atoms with van der Waals surface area (Å²) in [6.07, 6.45) is 4.56. The van der Waals surface area contributed by atoms with Crippen molar-refractivity contribution in [3.05, 3.63) is 23.8 Å². The van der Waals surface area contributed by atoms with Gasteiger partial charge in [0.1, 0.15) is 0 Å². The summed E-state index contributed by atoms with van der Waals surface area (Å²) in [5.74, 6) is 1.33. The zero-order valence-electron chi connectivity index (χ0n) is 9.85. The summed E-state index contributed by atoms with van der Waals surface area (Å²) in [4.78, 5) is 0. The second kappa shape index (κ2) is 6.01. The van der Waals surface area contributed by atoms with Gasteiger partial charge in [-0.15, -0.1) is 0 Å². The molecule has 0 spiro atoms. The summed E-state index contributed by atoms with van der Waals surface area (Å²) < 4.78 is 0. The van der Waals surface area contributed by atoms with Crippen LogP contribution in [0.4, 0.5) is 0 Å². The first-order valence-electron chi connectivity index (χ1n) is 5.33. The molecule has 0 aliphatic carbocycles. The Morgan fingerprint density at radius 2 is 1.85 bits per heavy atom. The molecule has 0 saturated carbocycles. The van der Waals surface area contributed by atoms with Gasteiger partial charge in [-0.25, -0.2) is 0 Å². The Balaban J connectivity index is 4.06. The fraction of sp³-hybridized carbons (Fsp3) is 0.692. The first-order valence-corrected chi connectivity index (χ1v) is 5.33. The van der Waals surface area contributed by atoms with Gasteiger partial charge < -0.3 is 0 Å². The molecule has 2 unspecified atom stereocenters. The van der Waals surface area contributed by atoms with E-state index in [-0.39, 0.29) is 0 Å². The fourth-order valence-electron chi connectivity index (χ4n) is 1.33. The first kappa shape index (κ1) is 12.5. The topological polar surface area (TPSA) is 0 Å². The van der Waals surface area contributed by atoms with Crippen LogP contribution in [0.5, 0.6) is 0 Å². The number of allylic oxidation sites excluding steroid dienone is 3. The van der Waals surface area contributed by atoms with Crippen LogP contribution in [0.25, 0.3) is 0 Å². The third-order valence-corrected chi connectivity index (χ3v) is 3.11. The second-order valence-corrected chi connectivity index (χ2v) is 4.11. The van der Waals surface area contributed by atoms with Crippen LogP contribution in [0.1, 0.15) is 47.5 Å². The molecule has 2 atom stereocenters. The molecule has 0 N–H and O–H groups in total. The normalized spacial score (nSPS) is 16.8. The Morgan fingerprint density at radius 1 is 1.31 bits per heavy atom. The Bertz CT molecular complexity index is 186. The van der Waals surface area contributed by atoms with Crippen molar-refractivity contribution in [1.29, 1.82) is 0 Å². The van der Waals surface area contributed by atoms with Gasteiger partial charge in [0.05, 0.1) is 0 Å². The van der Waals surface area contributed by atoms with Crippen molar-refractivity contribution >= 4 is 0 Å². The summed E-state index contributed by atoms with van der Waals surface area (Å²) in [5.41, 5.74) is 2.88. The number of hydrogen-bond acceptors (Lipinski definition) is 0. The average molecular weight is 180 g/mol. The molecule has 0 nitrogen and oxygen atoms in total. The SMILES string of the molecule is C=C(CC(C)C(C)=CC)C(C)CC. The maximum absolute atomic E-state index is 4.15. The molecule has 0 saturated heterocycles. The van der Waals surface area contributed by atoms with Crippen molar-refractivity contribution < 1.29 is 0 Å². The van der Waals surface area contributed by atoms with E-state index in [9.17, 15) is 0 Å². The average Bonchev–Trinajstić information content (AvgIpc) is 2.14. The van der Waals surface area contributed by atoms with E-state index in [2.05, 4.69) is 47.3 Å². The van der Waals surface area contributed by atoms with Crippen molar-refractivity contribution in [3.63, 3.8) is 0 Å². The molecule has 13 heavy (non-hydrogen) atoms. The van der Waals surface area contributed by atoms with Crippen LogP contribution in [-0.4, -0.2) is 0 Å². The number of hydrogen-bond donors (Lipinski definition) is 0. The lowest BCUT2D eigenvalue weighted by atomic mass is 9.88. The molecule has 0 aromatic rings. The lowest BCUT2D eigenvalue weighted by Gasteiger charge is -2.17. The smallest absolute Gasteiger partial charge is 0.0197 e. The lowest BCUT2D eigenvalue weighted by Crippen LogP contribution is -2.03. The highest BCUT2D eigenvalue weighted by molar-refractivity contribution is 5.08. The molecule has 0 heteroatoms. The van der Waals surface area contributed by atoms with E-state index in [0.29, 0.717) is 11.8 Å². The highest BCUT2D eigenvalue weighted by Crippen LogP contribution is 2.24. The Kier molecular flexibility index (Phi) is 5.77. The van der Waals surface area contributed by atoms with E-state index < -0.39 is 0 Å². The lowest BCUT2D eigenvalue weighted by molar-refractivity contribution is 0.569. The molecule has 0 amide bonds. The molecule has 76 valence electrons. The van der Waals surface area contributed by atoms with Gasteiger partial charge in [0.15, 0.2) is 0 Å². The van der Waals surface area contributed by atoms with Gasteiger partial charge >= 0.3 is 0 Å². The van der Waals surface area contributed by atoms with Crippen LogP contribution < -0.4 is 0 Å². The van der Waals surface area contributed by atoms with Crippen LogP contribution in [0.2, 0.25) is 0 Å². The third kappa shape index (κ3) is 4.31. The zero-order valence-corrected chi connectivity index (χ0v) is 9.85. The molecular formula is C13H24. The standard InChI is InChI=1S/C13H24/c1-7-10(3)12(5)9-13(6)11(4)8-2/h8,10,13H,5,7,9H2,1-4,6H3.